The second-order valence-electron chi connectivity index (χ2n) is 6.61. The molecule has 2 aromatic heterocycles. The van der Waals surface area contributed by atoms with E-state index in [-0.39, 0.29) is 0 Å². The molecule has 4 rings (SSSR count). The standard InChI is InChI=1S/C22H19N5O2/c1-13-12-16(21(23)28)8-9-17(13)25-22-24-11-10-18(26-22)19-14(2)29-27-20(19)15-6-4-3-5-7-15/h3-12H,1-2H3,(H2,23,28)(H,24,25,26). The molecule has 7 nitrogen and oxygen atoms in total. The normalized spacial score (nSPS) is 10.7. The summed E-state index contributed by atoms with van der Waals surface area (Å²) in [6, 6.07) is 16.8. The van der Waals surface area contributed by atoms with Crippen molar-refractivity contribution in [3.63, 3.8) is 0 Å². The summed E-state index contributed by atoms with van der Waals surface area (Å²) in [7, 11) is 0. The molecule has 144 valence electrons. The Morgan fingerprint density at radius 3 is 2.59 bits per heavy atom. The molecule has 7 heteroatoms. The molecule has 29 heavy (non-hydrogen) atoms. The summed E-state index contributed by atoms with van der Waals surface area (Å²) in [4.78, 5) is 20.3. The van der Waals surface area contributed by atoms with Crippen LogP contribution in [0.1, 0.15) is 21.7 Å². The Hall–Kier alpha value is -4.00. The molecule has 4 aromatic rings. The smallest absolute Gasteiger partial charge is 0.248 e. The molecule has 0 aliphatic rings. The summed E-state index contributed by atoms with van der Waals surface area (Å²) in [6.07, 6.45) is 1.68. The number of nitrogens with two attached hydrogens (primary N) is 1. The first kappa shape index (κ1) is 18.4. The van der Waals surface area contributed by atoms with Crippen LogP contribution in [0.15, 0.2) is 65.3 Å². The molecule has 0 atom stereocenters. The van der Waals surface area contributed by atoms with Crippen molar-refractivity contribution in [1.29, 1.82) is 0 Å². The summed E-state index contributed by atoms with van der Waals surface area (Å²) in [5, 5.41) is 7.41. The molecule has 0 saturated carbocycles. The van der Waals surface area contributed by atoms with Crippen LogP contribution < -0.4 is 11.1 Å². The molecular formula is C22H19N5O2. The van der Waals surface area contributed by atoms with E-state index in [0.29, 0.717) is 23.0 Å². The minimum Gasteiger partial charge on any atom is -0.366 e. The van der Waals surface area contributed by atoms with E-state index in [1.807, 2.05) is 50.2 Å². The summed E-state index contributed by atoms with van der Waals surface area (Å²) >= 11 is 0. The van der Waals surface area contributed by atoms with Crippen LogP contribution in [0.4, 0.5) is 11.6 Å². The maximum Gasteiger partial charge on any atom is 0.248 e. The van der Waals surface area contributed by atoms with Crippen LogP contribution in [0.3, 0.4) is 0 Å². The van der Waals surface area contributed by atoms with Gasteiger partial charge in [-0.1, -0.05) is 35.5 Å². The number of hydrogen-bond acceptors (Lipinski definition) is 6. The van der Waals surface area contributed by atoms with Crippen molar-refractivity contribution in [2.24, 2.45) is 5.73 Å². The Kier molecular flexibility index (Phi) is 4.78. The third-order valence-corrected chi connectivity index (χ3v) is 4.58. The number of hydrogen-bond donors (Lipinski definition) is 2. The van der Waals surface area contributed by atoms with Gasteiger partial charge in [-0.05, 0) is 43.7 Å². The maximum absolute atomic E-state index is 11.3. The fourth-order valence-electron chi connectivity index (χ4n) is 3.10. The Bertz CT molecular complexity index is 1190. The van der Waals surface area contributed by atoms with E-state index in [1.54, 1.807) is 24.4 Å². The lowest BCUT2D eigenvalue weighted by molar-refractivity contribution is 0.1000. The van der Waals surface area contributed by atoms with Crippen molar-refractivity contribution in [1.82, 2.24) is 15.1 Å². The number of primary amides is 1. The number of nitrogens with one attached hydrogen (secondary N) is 1. The first-order valence-corrected chi connectivity index (χ1v) is 9.05. The van der Waals surface area contributed by atoms with Gasteiger partial charge in [-0.15, -0.1) is 0 Å². The fraction of sp³-hybridized carbons (Fsp3) is 0.0909. The predicted molar refractivity (Wildman–Crippen MR) is 111 cm³/mol. The van der Waals surface area contributed by atoms with E-state index in [2.05, 4.69) is 20.4 Å². The van der Waals surface area contributed by atoms with E-state index in [4.69, 9.17) is 10.3 Å². The molecule has 1 amide bonds. The van der Waals surface area contributed by atoms with Gasteiger partial charge in [0.05, 0.1) is 11.3 Å². The molecule has 0 saturated heterocycles. The van der Waals surface area contributed by atoms with Crippen molar-refractivity contribution in [3.05, 3.63) is 77.7 Å². The lowest BCUT2D eigenvalue weighted by Crippen LogP contribution is -2.11. The van der Waals surface area contributed by atoms with Gasteiger partial charge in [0.25, 0.3) is 0 Å². The van der Waals surface area contributed by atoms with E-state index in [9.17, 15) is 4.79 Å². The highest BCUT2D eigenvalue weighted by Crippen LogP contribution is 2.33. The minimum atomic E-state index is -0.464. The Morgan fingerprint density at radius 2 is 1.86 bits per heavy atom. The predicted octanol–water partition coefficient (Wildman–Crippen LogP) is 4.26. The van der Waals surface area contributed by atoms with Gasteiger partial charge in [-0.3, -0.25) is 4.79 Å². The zero-order valence-corrected chi connectivity index (χ0v) is 16.0. The van der Waals surface area contributed by atoms with Gasteiger partial charge < -0.3 is 15.6 Å². The zero-order chi connectivity index (χ0) is 20.4. The number of aromatic nitrogens is 3. The second-order valence-corrected chi connectivity index (χ2v) is 6.61. The van der Waals surface area contributed by atoms with Crippen LogP contribution in [0.2, 0.25) is 0 Å². The quantitative estimate of drug-likeness (QED) is 0.532. The highest BCUT2D eigenvalue weighted by molar-refractivity contribution is 5.93. The van der Waals surface area contributed by atoms with Gasteiger partial charge in [0.15, 0.2) is 0 Å². The largest absolute Gasteiger partial charge is 0.366 e. The lowest BCUT2D eigenvalue weighted by Gasteiger charge is -2.10. The Balaban J connectivity index is 1.69. The van der Waals surface area contributed by atoms with Crippen molar-refractivity contribution in [2.45, 2.75) is 13.8 Å². The van der Waals surface area contributed by atoms with E-state index < -0.39 is 5.91 Å². The monoisotopic (exact) mass is 385 g/mol. The van der Waals surface area contributed by atoms with Gasteiger partial charge in [0, 0.05) is 23.0 Å². The van der Waals surface area contributed by atoms with Crippen molar-refractivity contribution < 1.29 is 9.32 Å². The summed E-state index contributed by atoms with van der Waals surface area (Å²) in [6.45, 7) is 3.74. The topological polar surface area (TPSA) is 107 Å². The van der Waals surface area contributed by atoms with Crippen LogP contribution in [0, 0.1) is 13.8 Å². The van der Waals surface area contributed by atoms with Crippen molar-refractivity contribution >= 4 is 17.5 Å². The van der Waals surface area contributed by atoms with Gasteiger partial charge in [0.1, 0.15) is 11.5 Å². The third-order valence-electron chi connectivity index (χ3n) is 4.58. The van der Waals surface area contributed by atoms with Gasteiger partial charge >= 0.3 is 0 Å². The molecule has 0 fully saturated rings. The SMILES string of the molecule is Cc1cc(C(N)=O)ccc1Nc1nccc(-c2c(-c3ccccc3)noc2C)n1. The lowest BCUT2D eigenvalue weighted by atomic mass is 10.0. The third kappa shape index (κ3) is 3.70. The molecule has 0 radical (unpaired) electrons. The Labute approximate surface area is 167 Å². The van der Waals surface area contributed by atoms with Gasteiger partial charge in [0.2, 0.25) is 11.9 Å². The molecule has 0 aliphatic carbocycles. The van der Waals surface area contributed by atoms with E-state index >= 15 is 0 Å². The number of carbonyl (C=O) groups is 1. The highest BCUT2D eigenvalue weighted by Gasteiger charge is 2.18. The summed E-state index contributed by atoms with van der Waals surface area (Å²) in [5.74, 6) is 0.641. The average molecular weight is 385 g/mol. The first-order chi connectivity index (χ1) is 14.0. The summed E-state index contributed by atoms with van der Waals surface area (Å²) in [5.41, 5.74) is 10.6. The van der Waals surface area contributed by atoms with Crippen LogP contribution >= 0.6 is 0 Å². The number of carbonyl (C=O) groups excluding carboxylic acids is 1. The fourth-order valence-corrected chi connectivity index (χ4v) is 3.10. The molecule has 0 spiro atoms. The minimum absolute atomic E-state index is 0.428. The van der Waals surface area contributed by atoms with Crippen molar-refractivity contribution in [2.75, 3.05) is 5.32 Å². The number of nitrogens with zero attached hydrogens (tertiary/aromatic N) is 3. The number of benzene rings is 2. The van der Waals surface area contributed by atoms with Gasteiger partial charge in [-0.25, -0.2) is 9.97 Å². The van der Waals surface area contributed by atoms with Crippen LogP contribution in [0.5, 0.6) is 0 Å². The van der Waals surface area contributed by atoms with Crippen molar-refractivity contribution in [3.8, 4) is 22.5 Å². The molecule has 3 N–H and O–H groups in total. The molecular weight excluding hydrogens is 366 g/mol. The molecule has 2 aromatic carbocycles. The van der Waals surface area contributed by atoms with E-state index in [0.717, 1.165) is 28.1 Å². The van der Waals surface area contributed by atoms with Gasteiger partial charge in [-0.2, -0.15) is 0 Å². The zero-order valence-electron chi connectivity index (χ0n) is 16.0. The Morgan fingerprint density at radius 1 is 1.07 bits per heavy atom. The number of anilines is 2. The molecule has 0 aliphatic heterocycles. The maximum atomic E-state index is 11.3. The number of aryl methyl sites for hydroxylation is 2. The number of rotatable bonds is 5. The highest BCUT2D eigenvalue weighted by atomic mass is 16.5. The average Bonchev–Trinajstić information content (AvgIpc) is 3.12. The summed E-state index contributed by atoms with van der Waals surface area (Å²) < 4.78 is 5.44. The van der Waals surface area contributed by atoms with Crippen LogP contribution in [-0.4, -0.2) is 21.0 Å². The first-order valence-electron chi connectivity index (χ1n) is 9.05. The number of amides is 1. The van der Waals surface area contributed by atoms with Crippen LogP contribution in [-0.2, 0) is 0 Å². The molecule has 0 unspecified atom stereocenters. The second kappa shape index (κ2) is 7.55. The molecule has 2 heterocycles. The van der Waals surface area contributed by atoms with Crippen LogP contribution in [0.25, 0.3) is 22.5 Å². The molecule has 0 bridgehead atoms. The van der Waals surface area contributed by atoms with E-state index in [1.165, 1.54) is 0 Å².